The summed E-state index contributed by atoms with van der Waals surface area (Å²) in [5.41, 5.74) is 4.16. The van der Waals surface area contributed by atoms with Gasteiger partial charge in [0, 0.05) is 11.6 Å². The molecule has 0 radical (unpaired) electrons. The van der Waals surface area contributed by atoms with Gasteiger partial charge in [0.2, 0.25) is 0 Å². The second-order valence-electron chi connectivity index (χ2n) is 6.64. The largest absolute Gasteiger partial charge is 0.483 e. The van der Waals surface area contributed by atoms with Crippen LogP contribution in [0.2, 0.25) is 0 Å². The van der Waals surface area contributed by atoms with Crippen molar-refractivity contribution in [3.05, 3.63) is 108 Å². The Kier molecular flexibility index (Phi) is 5.97. The summed E-state index contributed by atoms with van der Waals surface area (Å²) < 4.78 is 11.9. The quantitative estimate of drug-likeness (QED) is 0.433. The van der Waals surface area contributed by atoms with Crippen LogP contribution in [0.3, 0.4) is 0 Å². The summed E-state index contributed by atoms with van der Waals surface area (Å²) in [5.74, 6) is 0.858. The highest BCUT2D eigenvalue weighted by atomic mass is 16.5. The first kappa shape index (κ1) is 19.2. The number of hydrogen-bond acceptors (Lipinski definition) is 5. The standard InChI is InChI=1S/C25H19N3O2/c26-16-19-11-13-22(14-12-19)23-15-24(29-17-20-7-3-1-4-8-20)25(28-27-23)30-18-21-9-5-2-6-10-21/h1-15H,17-18H2. The molecule has 1 aromatic heterocycles. The molecule has 0 bridgehead atoms. The Bertz CT molecular complexity index is 1140. The van der Waals surface area contributed by atoms with Gasteiger partial charge in [0.25, 0.3) is 5.88 Å². The number of benzene rings is 3. The van der Waals surface area contributed by atoms with Crippen molar-refractivity contribution in [1.29, 1.82) is 5.26 Å². The van der Waals surface area contributed by atoms with E-state index in [4.69, 9.17) is 14.7 Å². The first-order chi connectivity index (χ1) is 14.8. The monoisotopic (exact) mass is 393 g/mol. The minimum atomic E-state index is 0.340. The fourth-order valence-corrected chi connectivity index (χ4v) is 2.88. The number of nitriles is 1. The highest BCUT2D eigenvalue weighted by Gasteiger charge is 2.12. The molecule has 0 aliphatic rings. The van der Waals surface area contributed by atoms with Crippen LogP contribution in [-0.2, 0) is 13.2 Å². The molecule has 146 valence electrons. The molecule has 0 unspecified atom stereocenters. The van der Waals surface area contributed by atoms with E-state index in [9.17, 15) is 0 Å². The topological polar surface area (TPSA) is 68.0 Å². The summed E-state index contributed by atoms with van der Waals surface area (Å²) in [6.07, 6.45) is 0. The number of hydrogen-bond donors (Lipinski definition) is 0. The predicted octanol–water partition coefficient (Wildman–Crippen LogP) is 5.17. The second kappa shape index (κ2) is 9.35. The molecule has 0 atom stereocenters. The number of nitrogens with zero attached hydrogens (tertiary/aromatic N) is 3. The molecule has 5 heteroatoms. The van der Waals surface area contributed by atoms with Crippen LogP contribution in [0.15, 0.2) is 91.0 Å². The summed E-state index contributed by atoms with van der Waals surface area (Å²) in [6.45, 7) is 0.758. The van der Waals surface area contributed by atoms with Crippen LogP contribution < -0.4 is 9.47 Å². The van der Waals surface area contributed by atoms with Crippen LogP contribution in [-0.4, -0.2) is 10.2 Å². The molecule has 0 saturated carbocycles. The van der Waals surface area contributed by atoms with Gasteiger partial charge in [-0.15, -0.1) is 10.2 Å². The summed E-state index contributed by atoms with van der Waals surface area (Å²) in [6, 6.07) is 30.9. The van der Waals surface area contributed by atoms with Crippen molar-refractivity contribution in [1.82, 2.24) is 10.2 Å². The van der Waals surface area contributed by atoms with E-state index in [0.717, 1.165) is 16.7 Å². The zero-order valence-corrected chi connectivity index (χ0v) is 16.2. The molecule has 0 amide bonds. The van der Waals surface area contributed by atoms with Gasteiger partial charge in [0.15, 0.2) is 5.75 Å². The van der Waals surface area contributed by atoms with Crippen LogP contribution in [0.1, 0.15) is 16.7 Å². The molecule has 30 heavy (non-hydrogen) atoms. The molecule has 0 fully saturated rings. The maximum absolute atomic E-state index is 9.00. The smallest absolute Gasteiger partial charge is 0.276 e. The van der Waals surface area contributed by atoms with E-state index in [-0.39, 0.29) is 0 Å². The van der Waals surface area contributed by atoms with E-state index >= 15 is 0 Å². The Morgan fingerprint density at radius 1 is 0.700 bits per heavy atom. The van der Waals surface area contributed by atoms with Crippen molar-refractivity contribution in [3.8, 4) is 29.0 Å². The van der Waals surface area contributed by atoms with E-state index in [1.807, 2.05) is 78.9 Å². The number of rotatable bonds is 7. The van der Waals surface area contributed by atoms with Crippen LogP contribution in [0.25, 0.3) is 11.3 Å². The Balaban J connectivity index is 1.59. The molecule has 0 aliphatic carbocycles. The van der Waals surface area contributed by atoms with E-state index in [1.54, 1.807) is 12.1 Å². The van der Waals surface area contributed by atoms with E-state index < -0.39 is 0 Å². The first-order valence-corrected chi connectivity index (χ1v) is 9.53. The zero-order valence-electron chi connectivity index (χ0n) is 16.2. The van der Waals surface area contributed by atoms with Crippen molar-refractivity contribution in [2.75, 3.05) is 0 Å². The Labute approximate surface area is 175 Å². The van der Waals surface area contributed by atoms with Gasteiger partial charge in [0.1, 0.15) is 13.2 Å². The molecule has 0 spiro atoms. The van der Waals surface area contributed by atoms with Crippen LogP contribution >= 0.6 is 0 Å². The SMILES string of the molecule is N#Cc1ccc(-c2cc(OCc3ccccc3)c(OCc3ccccc3)nn2)cc1. The molecule has 1 heterocycles. The van der Waals surface area contributed by atoms with Crippen molar-refractivity contribution in [2.45, 2.75) is 13.2 Å². The van der Waals surface area contributed by atoms with Gasteiger partial charge in [-0.1, -0.05) is 72.8 Å². The molecule has 0 N–H and O–H groups in total. The van der Waals surface area contributed by atoms with Crippen molar-refractivity contribution in [2.24, 2.45) is 0 Å². The lowest BCUT2D eigenvalue weighted by molar-refractivity contribution is 0.244. The van der Waals surface area contributed by atoms with Gasteiger partial charge < -0.3 is 9.47 Å². The second-order valence-corrected chi connectivity index (χ2v) is 6.64. The van der Waals surface area contributed by atoms with Gasteiger partial charge in [-0.2, -0.15) is 5.26 Å². The van der Waals surface area contributed by atoms with E-state index in [1.165, 1.54) is 0 Å². The average molecular weight is 393 g/mol. The van der Waals surface area contributed by atoms with Crippen molar-refractivity contribution < 1.29 is 9.47 Å². The van der Waals surface area contributed by atoms with Gasteiger partial charge in [0.05, 0.1) is 17.3 Å². The van der Waals surface area contributed by atoms with E-state index in [2.05, 4.69) is 16.3 Å². The summed E-state index contributed by atoms with van der Waals surface area (Å²) >= 11 is 0. The zero-order chi connectivity index (χ0) is 20.6. The molecule has 3 aromatic carbocycles. The third kappa shape index (κ3) is 4.81. The van der Waals surface area contributed by atoms with Crippen LogP contribution in [0.4, 0.5) is 0 Å². The van der Waals surface area contributed by atoms with Crippen molar-refractivity contribution in [3.63, 3.8) is 0 Å². The molecule has 0 saturated heterocycles. The Hall–Kier alpha value is -4.17. The lowest BCUT2D eigenvalue weighted by Crippen LogP contribution is -2.04. The number of aromatic nitrogens is 2. The van der Waals surface area contributed by atoms with Crippen LogP contribution in [0.5, 0.6) is 11.6 Å². The van der Waals surface area contributed by atoms with Gasteiger partial charge in [-0.05, 0) is 23.3 Å². The fraction of sp³-hybridized carbons (Fsp3) is 0.0800. The normalized spacial score (nSPS) is 10.2. The van der Waals surface area contributed by atoms with Gasteiger partial charge in [-0.3, -0.25) is 0 Å². The predicted molar refractivity (Wildman–Crippen MR) is 114 cm³/mol. The highest BCUT2D eigenvalue weighted by molar-refractivity contribution is 5.62. The molecular formula is C25H19N3O2. The minimum Gasteiger partial charge on any atom is -0.483 e. The Morgan fingerprint density at radius 3 is 1.90 bits per heavy atom. The lowest BCUT2D eigenvalue weighted by atomic mass is 10.1. The van der Waals surface area contributed by atoms with Gasteiger partial charge in [-0.25, -0.2) is 0 Å². The summed E-state index contributed by atoms with van der Waals surface area (Å²) in [4.78, 5) is 0. The molecule has 4 rings (SSSR count). The lowest BCUT2D eigenvalue weighted by Gasteiger charge is -2.13. The maximum Gasteiger partial charge on any atom is 0.276 e. The third-order valence-electron chi connectivity index (χ3n) is 4.49. The average Bonchev–Trinajstić information content (AvgIpc) is 2.83. The molecule has 0 aliphatic heterocycles. The first-order valence-electron chi connectivity index (χ1n) is 9.53. The van der Waals surface area contributed by atoms with E-state index in [0.29, 0.717) is 36.1 Å². The fourth-order valence-electron chi connectivity index (χ4n) is 2.88. The summed E-state index contributed by atoms with van der Waals surface area (Å²) in [5, 5.41) is 17.6. The Morgan fingerprint density at radius 2 is 1.30 bits per heavy atom. The molecule has 4 aromatic rings. The van der Waals surface area contributed by atoms with Crippen LogP contribution in [0, 0.1) is 11.3 Å². The maximum atomic E-state index is 9.00. The third-order valence-corrected chi connectivity index (χ3v) is 4.49. The van der Waals surface area contributed by atoms with Gasteiger partial charge >= 0.3 is 0 Å². The molecule has 5 nitrogen and oxygen atoms in total. The van der Waals surface area contributed by atoms with Crippen molar-refractivity contribution >= 4 is 0 Å². The number of ether oxygens (including phenoxy) is 2. The minimum absolute atomic E-state index is 0.340. The molecular weight excluding hydrogens is 374 g/mol. The highest BCUT2D eigenvalue weighted by Crippen LogP contribution is 2.30. The summed E-state index contributed by atoms with van der Waals surface area (Å²) in [7, 11) is 0.